The quantitative estimate of drug-likeness (QED) is 0.322. The molecule has 0 saturated heterocycles. The summed E-state index contributed by atoms with van der Waals surface area (Å²) in [5, 5.41) is 0.312. The molecule has 1 aromatic heterocycles. The number of anilines is 1. The molecule has 8 heteroatoms. The summed E-state index contributed by atoms with van der Waals surface area (Å²) in [7, 11) is 0. The molecule has 0 saturated carbocycles. The van der Waals surface area contributed by atoms with Crippen LogP contribution in [-0.2, 0) is 6.18 Å². The van der Waals surface area contributed by atoms with Crippen LogP contribution in [0.25, 0.3) is 11.0 Å². The van der Waals surface area contributed by atoms with Gasteiger partial charge >= 0.3 is 6.18 Å². The Kier molecular flexibility index (Phi) is 5.62. The zero-order valence-corrected chi connectivity index (χ0v) is 19.8. The molecule has 5 nitrogen and oxygen atoms in total. The SMILES string of the molecule is CCOc1ccc(C2c3c(oc4cc(C)c(C)cc4c3=O)C(=O)N2c2cccc(C(F)(F)F)c2)cc1. The molecule has 0 fully saturated rings. The van der Waals surface area contributed by atoms with Crippen molar-refractivity contribution in [3.63, 3.8) is 0 Å². The molecule has 0 radical (unpaired) electrons. The van der Waals surface area contributed by atoms with E-state index in [2.05, 4.69) is 0 Å². The van der Waals surface area contributed by atoms with Crippen molar-refractivity contribution < 1.29 is 27.1 Å². The van der Waals surface area contributed by atoms with E-state index in [9.17, 15) is 22.8 Å². The van der Waals surface area contributed by atoms with Crippen molar-refractivity contribution in [1.82, 2.24) is 0 Å². The van der Waals surface area contributed by atoms with E-state index in [4.69, 9.17) is 9.15 Å². The number of carbonyl (C=O) groups excluding carboxylic acids is 1. The highest BCUT2D eigenvalue weighted by Crippen LogP contribution is 2.43. The van der Waals surface area contributed by atoms with Gasteiger partial charge in [0.1, 0.15) is 11.3 Å². The number of amides is 1. The van der Waals surface area contributed by atoms with Crippen LogP contribution in [-0.4, -0.2) is 12.5 Å². The van der Waals surface area contributed by atoms with E-state index in [1.165, 1.54) is 17.0 Å². The number of alkyl halides is 3. The number of aryl methyl sites for hydroxylation is 2. The summed E-state index contributed by atoms with van der Waals surface area (Å²) >= 11 is 0. The molecule has 36 heavy (non-hydrogen) atoms. The first-order chi connectivity index (χ1) is 17.1. The molecular formula is C28H22F3NO4. The lowest BCUT2D eigenvalue weighted by Crippen LogP contribution is -2.29. The number of carbonyl (C=O) groups is 1. The maximum atomic E-state index is 13.7. The zero-order chi connectivity index (χ0) is 25.8. The first kappa shape index (κ1) is 23.7. The molecule has 1 unspecified atom stereocenters. The smallest absolute Gasteiger partial charge is 0.416 e. The van der Waals surface area contributed by atoms with Crippen molar-refractivity contribution in [3.8, 4) is 5.75 Å². The minimum absolute atomic E-state index is 0.0101. The van der Waals surface area contributed by atoms with E-state index in [1.807, 2.05) is 20.8 Å². The van der Waals surface area contributed by atoms with Crippen LogP contribution in [0.1, 0.15) is 51.3 Å². The second-order valence-corrected chi connectivity index (χ2v) is 8.73. The number of fused-ring (bicyclic) bond motifs is 2. The summed E-state index contributed by atoms with van der Waals surface area (Å²) in [5.74, 6) is -0.263. The van der Waals surface area contributed by atoms with Crippen LogP contribution in [0.5, 0.6) is 5.75 Å². The van der Waals surface area contributed by atoms with Crippen molar-refractivity contribution in [1.29, 1.82) is 0 Å². The van der Waals surface area contributed by atoms with Crippen LogP contribution in [0.4, 0.5) is 18.9 Å². The predicted molar refractivity (Wildman–Crippen MR) is 130 cm³/mol. The number of halogens is 3. The number of ether oxygens (including phenoxy) is 1. The molecule has 2 heterocycles. The van der Waals surface area contributed by atoms with Gasteiger partial charge in [0.15, 0.2) is 5.43 Å². The van der Waals surface area contributed by atoms with Crippen LogP contribution in [0, 0.1) is 13.8 Å². The third kappa shape index (κ3) is 3.82. The van der Waals surface area contributed by atoms with Crippen LogP contribution in [0.2, 0.25) is 0 Å². The summed E-state index contributed by atoms with van der Waals surface area (Å²) in [6.45, 7) is 6.02. The molecule has 5 rings (SSSR count). The van der Waals surface area contributed by atoms with Gasteiger partial charge in [0.05, 0.1) is 29.2 Å². The van der Waals surface area contributed by atoms with Crippen LogP contribution in [0.15, 0.2) is 69.9 Å². The largest absolute Gasteiger partial charge is 0.494 e. The van der Waals surface area contributed by atoms with Gasteiger partial charge in [0, 0.05) is 5.69 Å². The average molecular weight is 493 g/mol. The maximum Gasteiger partial charge on any atom is 0.416 e. The normalized spacial score (nSPS) is 15.4. The fraction of sp³-hybridized carbons (Fsp3) is 0.214. The number of benzene rings is 3. The topological polar surface area (TPSA) is 59.8 Å². The van der Waals surface area contributed by atoms with Crippen molar-refractivity contribution in [2.45, 2.75) is 33.0 Å². The summed E-state index contributed by atoms with van der Waals surface area (Å²) in [6.07, 6.45) is -4.60. The van der Waals surface area contributed by atoms with Gasteiger partial charge in [0.2, 0.25) is 5.76 Å². The van der Waals surface area contributed by atoms with E-state index in [0.29, 0.717) is 23.3 Å². The van der Waals surface area contributed by atoms with E-state index >= 15 is 0 Å². The van der Waals surface area contributed by atoms with Crippen LogP contribution in [0.3, 0.4) is 0 Å². The van der Waals surface area contributed by atoms with Gasteiger partial charge in [-0.25, -0.2) is 0 Å². The maximum absolute atomic E-state index is 13.7. The van der Waals surface area contributed by atoms with Gasteiger partial charge < -0.3 is 9.15 Å². The van der Waals surface area contributed by atoms with E-state index in [0.717, 1.165) is 23.3 Å². The van der Waals surface area contributed by atoms with Crippen molar-refractivity contribution in [2.75, 3.05) is 11.5 Å². The molecule has 0 N–H and O–H groups in total. The van der Waals surface area contributed by atoms with Crippen LogP contribution < -0.4 is 15.1 Å². The van der Waals surface area contributed by atoms with Gasteiger partial charge in [-0.15, -0.1) is 0 Å². The molecule has 1 aliphatic heterocycles. The van der Waals surface area contributed by atoms with Gasteiger partial charge in [-0.05, 0) is 79.9 Å². The fourth-order valence-electron chi connectivity index (χ4n) is 4.55. The average Bonchev–Trinajstić information content (AvgIpc) is 3.13. The molecule has 0 aliphatic carbocycles. The summed E-state index contributed by atoms with van der Waals surface area (Å²) in [6, 6.07) is 13.7. The fourth-order valence-corrected chi connectivity index (χ4v) is 4.55. The van der Waals surface area contributed by atoms with Gasteiger partial charge in [-0.2, -0.15) is 13.2 Å². The van der Waals surface area contributed by atoms with E-state index in [-0.39, 0.29) is 22.6 Å². The van der Waals surface area contributed by atoms with Gasteiger partial charge in [-0.3, -0.25) is 14.5 Å². The summed E-state index contributed by atoms with van der Waals surface area (Å²) in [4.78, 5) is 28.6. The molecule has 3 aromatic carbocycles. The Morgan fingerprint density at radius 1 is 0.972 bits per heavy atom. The molecule has 1 amide bonds. The van der Waals surface area contributed by atoms with Crippen molar-refractivity contribution >= 4 is 22.6 Å². The highest BCUT2D eigenvalue weighted by Gasteiger charge is 2.44. The molecular weight excluding hydrogens is 471 g/mol. The minimum atomic E-state index is -4.60. The summed E-state index contributed by atoms with van der Waals surface area (Å²) < 4.78 is 51.9. The molecule has 1 atom stereocenters. The van der Waals surface area contributed by atoms with Crippen molar-refractivity contribution in [3.05, 3.63) is 104 Å². The van der Waals surface area contributed by atoms with Crippen molar-refractivity contribution in [2.24, 2.45) is 0 Å². The third-order valence-corrected chi connectivity index (χ3v) is 6.44. The highest BCUT2D eigenvalue weighted by molar-refractivity contribution is 6.10. The van der Waals surface area contributed by atoms with Gasteiger partial charge in [0.25, 0.3) is 5.91 Å². The molecule has 184 valence electrons. The lowest BCUT2D eigenvalue weighted by atomic mass is 9.97. The molecule has 0 bridgehead atoms. The standard InChI is InChI=1S/C28H22F3NO4/c1-4-35-20-10-8-17(9-11-20)24-23-25(33)21-12-15(2)16(3)13-22(21)36-26(23)27(34)32(24)19-7-5-6-18(14-19)28(29,30)31/h5-14,24H,4H2,1-3H3. The second kappa shape index (κ2) is 8.55. The Balaban J connectivity index is 1.77. The molecule has 0 spiro atoms. The molecule has 4 aromatic rings. The number of nitrogens with zero attached hydrogens (tertiary/aromatic N) is 1. The van der Waals surface area contributed by atoms with Gasteiger partial charge in [-0.1, -0.05) is 18.2 Å². The third-order valence-electron chi connectivity index (χ3n) is 6.44. The molecule has 1 aliphatic rings. The Morgan fingerprint density at radius 3 is 2.33 bits per heavy atom. The number of hydrogen-bond donors (Lipinski definition) is 0. The first-order valence-corrected chi connectivity index (χ1v) is 11.4. The lowest BCUT2D eigenvalue weighted by molar-refractivity contribution is -0.137. The second-order valence-electron chi connectivity index (χ2n) is 8.73. The Morgan fingerprint density at radius 2 is 1.67 bits per heavy atom. The predicted octanol–water partition coefficient (Wildman–Crippen LogP) is 6.58. The summed E-state index contributed by atoms with van der Waals surface area (Å²) in [5.41, 5.74) is 1.37. The van der Waals surface area contributed by atoms with Crippen LogP contribution >= 0.6 is 0 Å². The highest BCUT2D eigenvalue weighted by atomic mass is 19.4. The van der Waals surface area contributed by atoms with E-state index < -0.39 is 29.1 Å². The lowest BCUT2D eigenvalue weighted by Gasteiger charge is -2.26. The zero-order valence-electron chi connectivity index (χ0n) is 19.8. The number of hydrogen-bond acceptors (Lipinski definition) is 4. The van der Waals surface area contributed by atoms with E-state index in [1.54, 1.807) is 36.4 Å². The number of rotatable bonds is 4. The first-order valence-electron chi connectivity index (χ1n) is 11.4. The Bertz CT molecular complexity index is 1550. The Labute approximate surface area is 204 Å². The Hall–Kier alpha value is -4.07. The minimum Gasteiger partial charge on any atom is -0.494 e. The monoisotopic (exact) mass is 493 g/mol.